The lowest BCUT2D eigenvalue weighted by Crippen LogP contribution is -2.36. The van der Waals surface area contributed by atoms with E-state index in [9.17, 15) is 18.3 Å². The third-order valence-corrected chi connectivity index (χ3v) is 6.62. The van der Waals surface area contributed by atoms with Crippen molar-refractivity contribution in [2.24, 2.45) is 5.92 Å². The molecule has 1 aliphatic heterocycles. The number of benzene rings is 1. The molecule has 3 heterocycles. The molecule has 2 aromatic heterocycles. The highest BCUT2D eigenvalue weighted by molar-refractivity contribution is 7.17. The van der Waals surface area contributed by atoms with Gasteiger partial charge < -0.3 is 5.11 Å². The molecule has 29 heavy (non-hydrogen) atoms. The van der Waals surface area contributed by atoms with Crippen molar-refractivity contribution >= 4 is 16.3 Å². The van der Waals surface area contributed by atoms with Gasteiger partial charge in [-0.1, -0.05) is 37.3 Å². The van der Waals surface area contributed by atoms with E-state index in [2.05, 4.69) is 21.9 Å². The van der Waals surface area contributed by atoms with Crippen LogP contribution in [0.4, 0.5) is 13.2 Å². The Kier molecular flexibility index (Phi) is 5.29. The van der Waals surface area contributed by atoms with Crippen LogP contribution in [0.5, 0.6) is 5.88 Å². The highest BCUT2D eigenvalue weighted by Crippen LogP contribution is 2.42. The van der Waals surface area contributed by atoms with E-state index in [1.54, 1.807) is 0 Å². The van der Waals surface area contributed by atoms with Crippen LogP contribution in [-0.4, -0.2) is 37.7 Å². The molecule has 1 unspecified atom stereocenters. The van der Waals surface area contributed by atoms with E-state index in [1.165, 1.54) is 28.0 Å². The van der Waals surface area contributed by atoms with Crippen molar-refractivity contribution in [1.29, 1.82) is 0 Å². The summed E-state index contributed by atoms with van der Waals surface area (Å²) in [7, 11) is 0. The molecule has 1 saturated heterocycles. The molecule has 1 aliphatic rings. The van der Waals surface area contributed by atoms with E-state index < -0.39 is 11.7 Å². The van der Waals surface area contributed by atoms with Gasteiger partial charge in [0.05, 0.1) is 16.5 Å². The van der Waals surface area contributed by atoms with Crippen molar-refractivity contribution in [2.45, 2.75) is 45.3 Å². The normalized spacial score (nSPS) is 17.8. The molecule has 5 nitrogen and oxygen atoms in total. The second kappa shape index (κ2) is 7.60. The Labute approximate surface area is 170 Å². The highest BCUT2D eigenvalue weighted by Gasteiger charge is 2.33. The second-order valence-electron chi connectivity index (χ2n) is 7.61. The molecule has 1 N–H and O–H groups in total. The fraction of sp³-hybridized carbons (Fsp3) is 0.500. The number of aryl methyl sites for hydroxylation is 1. The number of fused-ring (bicyclic) bond motifs is 1. The van der Waals surface area contributed by atoms with Gasteiger partial charge in [-0.15, -0.1) is 5.10 Å². The maximum absolute atomic E-state index is 13.0. The number of piperidine rings is 1. The molecule has 156 valence electrons. The first-order valence-electron chi connectivity index (χ1n) is 9.76. The van der Waals surface area contributed by atoms with Crippen LogP contribution >= 0.6 is 11.3 Å². The summed E-state index contributed by atoms with van der Waals surface area (Å²) in [6, 6.07) is 4.91. The number of thiazole rings is 1. The number of halogens is 3. The lowest BCUT2D eigenvalue weighted by Gasteiger charge is -2.36. The van der Waals surface area contributed by atoms with Gasteiger partial charge >= 0.3 is 6.18 Å². The number of nitrogens with zero attached hydrogens (tertiary/aromatic N) is 4. The zero-order valence-electron chi connectivity index (χ0n) is 16.3. The van der Waals surface area contributed by atoms with Crippen molar-refractivity contribution in [3.8, 4) is 5.88 Å². The molecule has 0 aliphatic carbocycles. The van der Waals surface area contributed by atoms with Crippen LogP contribution in [0.3, 0.4) is 0 Å². The summed E-state index contributed by atoms with van der Waals surface area (Å²) in [4.78, 5) is 7.92. The fourth-order valence-electron chi connectivity index (χ4n) is 3.79. The number of hydrogen-bond donors (Lipinski definition) is 1. The van der Waals surface area contributed by atoms with Gasteiger partial charge in [-0.25, -0.2) is 4.98 Å². The monoisotopic (exact) mass is 424 g/mol. The number of alkyl halides is 3. The molecule has 0 bridgehead atoms. The maximum atomic E-state index is 13.0. The third kappa shape index (κ3) is 3.85. The lowest BCUT2D eigenvalue weighted by atomic mass is 9.95. The minimum absolute atomic E-state index is 0.0146. The van der Waals surface area contributed by atoms with Crippen LogP contribution in [-0.2, 0) is 12.6 Å². The van der Waals surface area contributed by atoms with Gasteiger partial charge in [-0.2, -0.15) is 17.7 Å². The summed E-state index contributed by atoms with van der Waals surface area (Å²) >= 11 is 1.34. The zero-order chi connectivity index (χ0) is 20.8. The summed E-state index contributed by atoms with van der Waals surface area (Å²) in [6.07, 6.45) is -1.69. The molecule has 3 aromatic rings. The van der Waals surface area contributed by atoms with Crippen LogP contribution in [0.25, 0.3) is 4.96 Å². The average Bonchev–Trinajstić information content (AvgIpc) is 3.23. The van der Waals surface area contributed by atoms with Crippen LogP contribution in [0.1, 0.15) is 54.6 Å². The number of hydrogen-bond acceptors (Lipinski definition) is 5. The molecule has 0 saturated carbocycles. The molecule has 0 amide bonds. The molecule has 1 aromatic carbocycles. The van der Waals surface area contributed by atoms with Crippen LogP contribution in [0.15, 0.2) is 24.3 Å². The predicted octanol–water partition coefficient (Wildman–Crippen LogP) is 4.90. The standard InChI is InChI=1S/C20H23F3N4OS/c1-3-15-24-19-27(25-15)18(28)17(29-19)16(26-10-8-12(2)9-11-26)13-4-6-14(7-5-13)20(21,22)23/h4-7,12,16,28H,3,8-11H2,1-2H3. The summed E-state index contributed by atoms with van der Waals surface area (Å²) in [5, 5.41) is 15.2. The van der Waals surface area contributed by atoms with Crippen molar-refractivity contribution in [2.75, 3.05) is 13.1 Å². The van der Waals surface area contributed by atoms with Gasteiger partial charge in [0.1, 0.15) is 0 Å². The summed E-state index contributed by atoms with van der Waals surface area (Å²) in [5.41, 5.74) is 0.0507. The summed E-state index contributed by atoms with van der Waals surface area (Å²) in [6.45, 7) is 5.79. The molecular weight excluding hydrogens is 401 g/mol. The fourth-order valence-corrected chi connectivity index (χ4v) is 4.92. The number of aromatic nitrogens is 3. The average molecular weight is 424 g/mol. The topological polar surface area (TPSA) is 53.7 Å². The van der Waals surface area contributed by atoms with Crippen LogP contribution in [0, 0.1) is 5.92 Å². The number of rotatable bonds is 4. The van der Waals surface area contributed by atoms with Gasteiger partial charge in [0.25, 0.3) is 0 Å². The Balaban J connectivity index is 1.76. The Bertz CT molecular complexity index is 988. The van der Waals surface area contributed by atoms with Gasteiger partial charge in [-0.3, -0.25) is 4.90 Å². The van der Waals surface area contributed by atoms with Gasteiger partial charge in [-0.05, 0) is 49.5 Å². The number of likely N-dealkylation sites (tertiary alicyclic amines) is 1. The predicted molar refractivity (Wildman–Crippen MR) is 105 cm³/mol. The lowest BCUT2D eigenvalue weighted by molar-refractivity contribution is -0.137. The molecule has 9 heteroatoms. The first-order valence-corrected chi connectivity index (χ1v) is 10.6. The van der Waals surface area contributed by atoms with Gasteiger partial charge in [0, 0.05) is 6.42 Å². The van der Waals surface area contributed by atoms with Crippen LogP contribution in [0.2, 0.25) is 0 Å². The Morgan fingerprint density at radius 1 is 1.21 bits per heavy atom. The summed E-state index contributed by atoms with van der Waals surface area (Å²) < 4.78 is 40.5. The van der Waals surface area contributed by atoms with E-state index in [1.807, 2.05) is 6.92 Å². The van der Waals surface area contributed by atoms with Gasteiger partial charge in [0.2, 0.25) is 10.8 Å². The van der Waals surface area contributed by atoms with Crippen LogP contribution < -0.4 is 0 Å². The SMILES string of the molecule is CCc1nc2sc(C(c3ccc(C(F)(F)F)cc3)N3CCC(C)CC3)c(O)n2n1. The highest BCUT2D eigenvalue weighted by atomic mass is 32.1. The molecule has 1 fully saturated rings. The molecular formula is C20H23F3N4OS. The van der Waals surface area contributed by atoms with E-state index in [-0.39, 0.29) is 11.9 Å². The third-order valence-electron chi connectivity index (χ3n) is 5.55. The van der Waals surface area contributed by atoms with Gasteiger partial charge in [0.15, 0.2) is 5.82 Å². The Hall–Kier alpha value is -2.13. The van der Waals surface area contributed by atoms with E-state index in [0.29, 0.717) is 28.0 Å². The zero-order valence-corrected chi connectivity index (χ0v) is 17.1. The van der Waals surface area contributed by atoms with Crippen molar-refractivity contribution in [1.82, 2.24) is 19.5 Å². The Morgan fingerprint density at radius 2 is 1.86 bits per heavy atom. The van der Waals surface area contributed by atoms with E-state index in [4.69, 9.17) is 0 Å². The molecule has 1 atom stereocenters. The molecule has 0 radical (unpaired) electrons. The Morgan fingerprint density at radius 3 is 2.41 bits per heavy atom. The minimum atomic E-state index is -4.37. The van der Waals surface area contributed by atoms with Crippen molar-refractivity contribution in [3.05, 3.63) is 46.1 Å². The molecule has 4 rings (SSSR count). The van der Waals surface area contributed by atoms with Crippen molar-refractivity contribution in [3.63, 3.8) is 0 Å². The first-order chi connectivity index (χ1) is 13.8. The number of aromatic hydroxyl groups is 1. The smallest absolute Gasteiger partial charge is 0.416 e. The quantitative estimate of drug-likeness (QED) is 0.647. The maximum Gasteiger partial charge on any atom is 0.416 e. The first kappa shape index (κ1) is 20.2. The largest absolute Gasteiger partial charge is 0.492 e. The van der Waals surface area contributed by atoms with E-state index >= 15 is 0 Å². The van der Waals surface area contributed by atoms with Crippen molar-refractivity contribution < 1.29 is 18.3 Å². The van der Waals surface area contributed by atoms with E-state index in [0.717, 1.165) is 43.6 Å². The second-order valence-corrected chi connectivity index (χ2v) is 8.62. The summed E-state index contributed by atoms with van der Waals surface area (Å²) in [5.74, 6) is 1.28. The molecule has 0 spiro atoms. The minimum Gasteiger partial charge on any atom is -0.492 e.